The third-order valence-electron chi connectivity index (χ3n) is 6.37. The van der Waals surface area contributed by atoms with Crippen LogP contribution in [-0.4, -0.2) is 25.7 Å². The molecule has 8 heteroatoms. The lowest BCUT2D eigenvalue weighted by molar-refractivity contribution is 0.0697. The lowest BCUT2D eigenvalue weighted by Gasteiger charge is -2.28. The number of para-hydroxylation sites is 1. The molecule has 0 radical (unpaired) electrons. The van der Waals surface area contributed by atoms with Gasteiger partial charge in [-0.25, -0.2) is 9.18 Å². The number of anilines is 1. The molecule has 176 valence electrons. The molecule has 0 spiro atoms. The van der Waals surface area contributed by atoms with Crippen molar-refractivity contribution >= 4 is 29.0 Å². The average Bonchev–Trinajstić information content (AvgIpc) is 3.35. The van der Waals surface area contributed by atoms with Crippen LogP contribution < -0.4 is 10.2 Å². The number of halogens is 1. The summed E-state index contributed by atoms with van der Waals surface area (Å²) in [5.41, 5.74) is 5.14. The Morgan fingerprint density at radius 2 is 1.77 bits per heavy atom. The van der Waals surface area contributed by atoms with Crippen LogP contribution in [0.25, 0.3) is 5.69 Å². The predicted octanol–water partition coefficient (Wildman–Crippen LogP) is 5.50. The number of aromatic nitrogens is 2. The van der Waals surface area contributed by atoms with Gasteiger partial charge in [0.1, 0.15) is 5.82 Å². The largest absolute Gasteiger partial charge is 0.478 e. The van der Waals surface area contributed by atoms with Crippen LogP contribution in [0.5, 0.6) is 0 Å². The first-order valence-corrected chi connectivity index (χ1v) is 11.6. The maximum atomic E-state index is 15.0. The fourth-order valence-corrected chi connectivity index (χ4v) is 5.15. The number of thiocarbonyl (C=S) groups is 1. The fraction of sp³-hybridized carbons (Fsp3) is 0.148. The number of aryl methyl sites for hydroxylation is 1. The Morgan fingerprint density at radius 1 is 1.06 bits per heavy atom. The van der Waals surface area contributed by atoms with Gasteiger partial charge in [-0.3, -0.25) is 4.98 Å². The molecule has 0 saturated carbocycles. The standard InChI is InChI=1S/C27H23FN4O2S/c1-16-15-20(17(2)31(16)19-12-10-18(11-13-19)26(33)34)25-24(22-8-5-6-14-29-22)30-27(35)32(25)23-9-4-3-7-21(23)28/h3-15,24-25H,1-2H3,(H,30,35)(H,33,34)/t24-,25+/m0/s1. The zero-order chi connectivity index (χ0) is 24.7. The Bertz CT molecular complexity index is 1420. The molecule has 1 saturated heterocycles. The van der Waals surface area contributed by atoms with Gasteiger partial charge in [-0.15, -0.1) is 0 Å². The van der Waals surface area contributed by atoms with Gasteiger partial charge in [0, 0.05) is 23.3 Å². The molecule has 2 aromatic heterocycles. The van der Waals surface area contributed by atoms with Crippen LogP contribution in [-0.2, 0) is 0 Å². The third kappa shape index (κ3) is 3.95. The van der Waals surface area contributed by atoms with Crippen LogP contribution in [0.3, 0.4) is 0 Å². The normalized spacial score (nSPS) is 17.5. The molecule has 1 fully saturated rings. The highest BCUT2D eigenvalue weighted by molar-refractivity contribution is 7.80. The van der Waals surface area contributed by atoms with Crippen molar-refractivity contribution in [2.75, 3.05) is 4.90 Å². The third-order valence-corrected chi connectivity index (χ3v) is 6.69. The zero-order valence-corrected chi connectivity index (χ0v) is 20.0. The second-order valence-electron chi connectivity index (χ2n) is 8.46. The molecule has 0 amide bonds. The molecule has 2 aromatic carbocycles. The van der Waals surface area contributed by atoms with Gasteiger partial charge in [-0.05, 0) is 86.2 Å². The minimum absolute atomic E-state index is 0.225. The minimum atomic E-state index is -0.970. The van der Waals surface area contributed by atoms with E-state index < -0.39 is 5.97 Å². The minimum Gasteiger partial charge on any atom is -0.478 e. The molecule has 4 aromatic rings. The average molecular weight is 487 g/mol. The van der Waals surface area contributed by atoms with E-state index in [1.54, 1.807) is 48.7 Å². The van der Waals surface area contributed by atoms with Crippen molar-refractivity contribution in [1.29, 1.82) is 0 Å². The van der Waals surface area contributed by atoms with Crippen molar-refractivity contribution in [3.05, 3.63) is 113 Å². The quantitative estimate of drug-likeness (QED) is 0.363. The predicted molar refractivity (Wildman–Crippen MR) is 137 cm³/mol. The molecule has 0 unspecified atom stereocenters. The number of nitrogens with one attached hydrogen (secondary N) is 1. The lowest BCUT2D eigenvalue weighted by atomic mass is 9.96. The molecule has 2 atom stereocenters. The highest BCUT2D eigenvalue weighted by atomic mass is 32.1. The second-order valence-corrected chi connectivity index (χ2v) is 8.85. The topological polar surface area (TPSA) is 70.4 Å². The molecule has 6 nitrogen and oxygen atoms in total. The summed E-state index contributed by atoms with van der Waals surface area (Å²) in [5.74, 6) is -1.33. The Hall–Kier alpha value is -4.04. The fourth-order valence-electron chi connectivity index (χ4n) is 4.81. The first-order valence-electron chi connectivity index (χ1n) is 11.1. The van der Waals surface area contributed by atoms with Crippen LogP contribution in [0, 0.1) is 19.7 Å². The van der Waals surface area contributed by atoms with Gasteiger partial charge in [-0.2, -0.15) is 0 Å². The van der Waals surface area contributed by atoms with E-state index in [-0.39, 0.29) is 23.5 Å². The summed E-state index contributed by atoms with van der Waals surface area (Å²) in [7, 11) is 0. The van der Waals surface area contributed by atoms with E-state index in [2.05, 4.69) is 20.9 Å². The summed E-state index contributed by atoms with van der Waals surface area (Å²) in [6.45, 7) is 4.00. The van der Waals surface area contributed by atoms with Crippen LogP contribution in [0.4, 0.5) is 10.1 Å². The highest BCUT2D eigenvalue weighted by Gasteiger charge is 2.43. The lowest BCUT2D eigenvalue weighted by Crippen LogP contribution is -2.30. The van der Waals surface area contributed by atoms with E-state index in [4.69, 9.17) is 12.2 Å². The van der Waals surface area contributed by atoms with Gasteiger partial charge in [0.2, 0.25) is 0 Å². The number of hydrogen-bond acceptors (Lipinski definition) is 3. The SMILES string of the molecule is Cc1cc([C@@H]2[C@H](c3ccccn3)NC(=S)N2c2ccccc2F)c(C)n1-c1ccc(C(=O)O)cc1. The first-order chi connectivity index (χ1) is 16.9. The molecule has 1 aliphatic heterocycles. The number of rotatable bonds is 5. The van der Waals surface area contributed by atoms with Gasteiger partial charge in [-0.1, -0.05) is 18.2 Å². The summed E-state index contributed by atoms with van der Waals surface area (Å²) in [5, 5.41) is 13.0. The monoisotopic (exact) mass is 486 g/mol. The number of aromatic carboxylic acids is 1. The molecule has 1 aliphatic rings. The summed E-state index contributed by atoms with van der Waals surface area (Å²) in [6.07, 6.45) is 1.73. The van der Waals surface area contributed by atoms with Crippen LogP contribution >= 0.6 is 12.2 Å². The van der Waals surface area contributed by atoms with Crippen molar-refractivity contribution < 1.29 is 14.3 Å². The Labute approximate surface area is 207 Å². The maximum absolute atomic E-state index is 15.0. The number of benzene rings is 2. The number of pyridine rings is 1. The smallest absolute Gasteiger partial charge is 0.335 e. The molecule has 0 aliphatic carbocycles. The molecule has 2 N–H and O–H groups in total. The van der Waals surface area contributed by atoms with Gasteiger partial charge >= 0.3 is 5.97 Å². The molecular formula is C27H23FN4O2S. The van der Waals surface area contributed by atoms with Crippen molar-refractivity contribution in [2.45, 2.75) is 25.9 Å². The Balaban J connectivity index is 1.67. The number of nitrogens with zero attached hydrogens (tertiary/aromatic N) is 3. The van der Waals surface area contributed by atoms with Crippen LogP contribution in [0.15, 0.2) is 79.0 Å². The molecule has 3 heterocycles. The van der Waals surface area contributed by atoms with Crippen LogP contribution in [0.2, 0.25) is 0 Å². The van der Waals surface area contributed by atoms with E-state index in [1.165, 1.54) is 6.07 Å². The van der Waals surface area contributed by atoms with E-state index >= 15 is 0 Å². The molecule has 0 bridgehead atoms. The first kappa shape index (κ1) is 22.7. The van der Waals surface area contributed by atoms with E-state index in [0.717, 1.165) is 28.3 Å². The number of hydrogen-bond donors (Lipinski definition) is 2. The molecule has 35 heavy (non-hydrogen) atoms. The van der Waals surface area contributed by atoms with E-state index in [1.807, 2.05) is 36.9 Å². The summed E-state index contributed by atoms with van der Waals surface area (Å²) >= 11 is 5.71. The Morgan fingerprint density at radius 3 is 2.43 bits per heavy atom. The summed E-state index contributed by atoms with van der Waals surface area (Å²) in [6, 6.07) is 20.5. The molecular weight excluding hydrogens is 463 g/mol. The number of carboxylic acids is 1. The van der Waals surface area contributed by atoms with E-state index in [0.29, 0.717) is 10.8 Å². The van der Waals surface area contributed by atoms with Crippen molar-refractivity contribution in [3.63, 3.8) is 0 Å². The summed E-state index contributed by atoms with van der Waals surface area (Å²) in [4.78, 5) is 17.7. The maximum Gasteiger partial charge on any atom is 0.335 e. The van der Waals surface area contributed by atoms with Gasteiger partial charge in [0.15, 0.2) is 5.11 Å². The Kier molecular flexibility index (Phi) is 5.82. The summed E-state index contributed by atoms with van der Waals surface area (Å²) < 4.78 is 17.1. The van der Waals surface area contributed by atoms with Gasteiger partial charge in [0.05, 0.1) is 29.0 Å². The van der Waals surface area contributed by atoms with Gasteiger partial charge in [0.25, 0.3) is 0 Å². The van der Waals surface area contributed by atoms with Crippen molar-refractivity contribution in [3.8, 4) is 5.69 Å². The number of carboxylic acid groups (broad SMARTS) is 1. The second kappa shape index (κ2) is 8.96. The highest BCUT2D eigenvalue weighted by Crippen LogP contribution is 2.44. The van der Waals surface area contributed by atoms with Crippen molar-refractivity contribution in [2.24, 2.45) is 0 Å². The van der Waals surface area contributed by atoms with Crippen LogP contribution in [0.1, 0.15) is 45.1 Å². The van der Waals surface area contributed by atoms with Crippen molar-refractivity contribution in [1.82, 2.24) is 14.9 Å². The van der Waals surface area contributed by atoms with E-state index in [9.17, 15) is 14.3 Å². The molecule has 5 rings (SSSR count). The zero-order valence-electron chi connectivity index (χ0n) is 19.1. The number of carbonyl (C=O) groups is 1. The van der Waals surface area contributed by atoms with Gasteiger partial charge < -0.3 is 19.9 Å².